The smallest absolute Gasteiger partial charge is 0.141 e. The highest BCUT2D eigenvalue weighted by atomic mass is 19.1. The average molecular weight is 274 g/mol. The van der Waals surface area contributed by atoms with Crippen molar-refractivity contribution in [2.45, 2.75) is 32.7 Å². The number of imidazole rings is 1. The van der Waals surface area contributed by atoms with Crippen LogP contribution >= 0.6 is 0 Å². The van der Waals surface area contributed by atoms with Crippen molar-refractivity contribution >= 4 is 5.82 Å². The first-order chi connectivity index (χ1) is 9.56. The molecule has 0 unspecified atom stereocenters. The van der Waals surface area contributed by atoms with E-state index in [1.807, 2.05) is 0 Å². The Labute approximate surface area is 118 Å². The molecule has 0 N–H and O–H groups in total. The molecule has 0 amide bonds. The van der Waals surface area contributed by atoms with Crippen LogP contribution in [0.3, 0.4) is 0 Å². The largest absolute Gasteiger partial charge is 0.350 e. The van der Waals surface area contributed by atoms with Crippen LogP contribution in [-0.2, 0) is 20.0 Å². The van der Waals surface area contributed by atoms with Gasteiger partial charge in [-0.25, -0.2) is 14.4 Å². The van der Waals surface area contributed by atoms with Gasteiger partial charge >= 0.3 is 0 Å². The summed E-state index contributed by atoms with van der Waals surface area (Å²) in [5.41, 5.74) is 2.43. The molecule has 106 valence electrons. The maximum Gasteiger partial charge on any atom is 0.141 e. The van der Waals surface area contributed by atoms with Gasteiger partial charge in [0.2, 0.25) is 0 Å². The molecule has 1 aliphatic rings. The van der Waals surface area contributed by atoms with Gasteiger partial charge in [0.05, 0.1) is 18.4 Å². The second-order valence-electron chi connectivity index (χ2n) is 5.58. The predicted octanol–water partition coefficient (Wildman–Crippen LogP) is 2.64. The number of rotatable bonds is 2. The molecule has 0 fully saturated rings. The normalized spacial score (nSPS) is 14.8. The average Bonchev–Trinajstić information content (AvgIpc) is 2.77. The van der Waals surface area contributed by atoms with Crippen molar-refractivity contribution in [3.05, 3.63) is 41.4 Å². The minimum Gasteiger partial charge on any atom is -0.350 e. The lowest BCUT2D eigenvalue weighted by Gasteiger charge is -2.27. The van der Waals surface area contributed by atoms with Gasteiger partial charge in [-0.05, 0) is 12.1 Å². The molecule has 0 atom stereocenters. The summed E-state index contributed by atoms with van der Waals surface area (Å²) in [6, 6.07) is 3.18. The van der Waals surface area contributed by atoms with Crippen LogP contribution in [0.15, 0.2) is 18.3 Å². The van der Waals surface area contributed by atoms with Crippen molar-refractivity contribution in [3.63, 3.8) is 0 Å². The van der Waals surface area contributed by atoms with Gasteiger partial charge in [0, 0.05) is 31.6 Å². The second-order valence-corrected chi connectivity index (χ2v) is 5.58. The molecule has 0 aromatic carbocycles. The standard InChI is InChI=1S/C15H19FN4/c1-10(2)15-18-12-9-20(7-6-13(12)19(15)3)14-5-4-11(16)8-17-14/h4-5,8,10H,6-7,9H2,1-3H3. The number of hydrogen-bond acceptors (Lipinski definition) is 3. The topological polar surface area (TPSA) is 34.0 Å². The zero-order chi connectivity index (χ0) is 14.3. The van der Waals surface area contributed by atoms with E-state index in [4.69, 9.17) is 4.98 Å². The summed E-state index contributed by atoms with van der Waals surface area (Å²) in [6.07, 6.45) is 2.22. The Morgan fingerprint density at radius 2 is 2.10 bits per heavy atom. The van der Waals surface area contributed by atoms with Crippen molar-refractivity contribution in [2.75, 3.05) is 11.4 Å². The zero-order valence-corrected chi connectivity index (χ0v) is 12.1. The summed E-state index contributed by atoms with van der Waals surface area (Å²) in [7, 11) is 2.09. The molecule has 0 bridgehead atoms. The van der Waals surface area contributed by atoms with E-state index in [1.54, 1.807) is 6.07 Å². The lowest BCUT2D eigenvalue weighted by Crippen LogP contribution is -2.31. The van der Waals surface area contributed by atoms with Crippen molar-refractivity contribution in [3.8, 4) is 0 Å². The molecule has 20 heavy (non-hydrogen) atoms. The molecule has 3 rings (SSSR count). The van der Waals surface area contributed by atoms with Gasteiger partial charge in [0.15, 0.2) is 0 Å². The van der Waals surface area contributed by atoms with Crippen LogP contribution in [0.4, 0.5) is 10.2 Å². The Kier molecular flexibility index (Phi) is 3.20. The van der Waals surface area contributed by atoms with E-state index < -0.39 is 0 Å². The maximum absolute atomic E-state index is 12.9. The van der Waals surface area contributed by atoms with Gasteiger partial charge in [-0.15, -0.1) is 0 Å². The Morgan fingerprint density at radius 1 is 1.30 bits per heavy atom. The summed E-state index contributed by atoms with van der Waals surface area (Å²) >= 11 is 0. The van der Waals surface area contributed by atoms with Crippen molar-refractivity contribution < 1.29 is 4.39 Å². The summed E-state index contributed by atoms with van der Waals surface area (Å²) in [4.78, 5) is 11.1. The maximum atomic E-state index is 12.9. The minimum atomic E-state index is -0.300. The van der Waals surface area contributed by atoms with Gasteiger partial charge in [-0.3, -0.25) is 0 Å². The molecule has 4 nitrogen and oxygen atoms in total. The SMILES string of the molecule is CC(C)c1nc2c(n1C)CCN(c1ccc(F)cn1)C2. The Bertz CT molecular complexity index is 616. The van der Waals surface area contributed by atoms with E-state index in [2.05, 4.69) is 35.3 Å². The highest BCUT2D eigenvalue weighted by Crippen LogP contribution is 2.25. The van der Waals surface area contributed by atoms with Crippen molar-refractivity contribution in [1.29, 1.82) is 0 Å². The lowest BCUT2D eigenvalue weighted by molar-refractivity contribution is 0.617. The molecule has 2 aromatic heterocycles. The molecular formula is C15H19FN4. The van der Waals surface area contributed by atoms with Crippen LogP contribution < -0.4 is 4.90 Å². The van der Waals surface area contributed by atoms with Gasteiger partial charge in [0.1, 0.15) is 17.5 Å². The van der Waals surface area contributed by atoms with E-state index in [-0.39, 0.29) is 5.82 Å². The number of nitrogens with zero attached hydrogens (tertiary/aromatic N) is 4. The molecule has 0 aliphatic carbocycles. The van der Waals surface area contributed by atoms with Gasteiger partial charge < -0.3 is 9.47 Å². The molecule has 3 heterocycles. The first-order valence-corrected chi connectivity index (χ1v) is 6.97. The molecule has 0 radical (unpaired) electrons. The summed E-state index contributed by atoms with van der Waals surface area (Å²) in [5.74, 6) is 2.06. The van der Waals surface area contributed by atoms with Crippen LogP contribution in [0.5, 0.6) is 0 Å². The van der Waals surface area contributed by atoms with Crippen LogP contribution in [0, 0.1) is 5.82 Å². The zero-order valence-electron chi connectivity index (χ0n) is 12.1. The molecule has 0 spiro atoms. The van der Waals surface area contributed by atoms with Crippen LogP contribution in [0.25, 0.3) is 0 Å². The summed E-state index contributed by atoms with van der Waals surface area (Å²) in [5, 5.41) is 0. The summed E-state index contributed by atoms with van der Waals surface area (Å²) in [6.45, 7) is 5.96. The van der Waals surface area contributed by atoms with E-state index in [9.17, 15) is 4.39 Å². The Hall–Kier alpha value is -1.91. The fourth-order valence-corrected chi connectivity index (χ4v) is 2.82. The molecule has 1 aliphatic heterocycles. The van der Waals surface area contributed by atoms with Gasteiger partial charge in [-0.2, -0.15) is 0 Å². The van der Waals surface area contributed by atoms with Gasteiger partial charge in [0.25, 0.3) is 0 Å². The Morgan fingerprint density at radius 3 is 2.75 bits per heavy atom. The fourth-order valence-electron chi connectivity index (χ4n) is 2.82. The third-order valence-electron chi connectivity index (χ3n) is 3.84. The fraction of sp³-hybridized carbons (Fsp3) is 0.467. The van der Waals surface area contributed by atoms with Crippen molar-refractivity contribution in [2.24, 2.45) is 7.05 Å². The first kappa shape index (κ1) is 13.1. The van der Waals surface area contributed by atoms with Crippen LogP contribution in [-0.4, -0.2) is 21.1 Å². The van der Waals surface area contributed by atoms with Crippen molar-refractivity contribution in [1.82, 2.24) is 14.5 Å². The van der Waals surface area contributed by atoms with E-state index in [1.165, 1.54) is 18.0 Å². The number of fused-ring (bicyclic) bond motifs is 1. The minimum absolute atomic E-state index is 0.300. The number of aromatic nitrogens is 3. The first-order valence-electron chi connectivity index (χ1n) is 6.97. The van der Waals surface area contributed by atoms with E-state index >= 15 is 0 Å². The number of pyridine rings is 1. The Balaban J connectivity index is 1.88. The highest BCUT2D eigenvalue weighted by Gasteiger charge is 2.24. The van der Waals surface area contributed by atoms with E-state index in [0.717, 1.165) is 36.8 Å². The van der Waals surface area contributed by atoms with Gasteiger partial charge in [-0.1, -0.05) is 13.8 Å². The number of halogens is 1. The number of anilines is 1. The van der Waals surface area contributed by atoms with Crippen LogP contribution in [0.2, 0.25) is 0 Å². The molecular weight excluding hydrogens is 255 g/mol. The number of hydrogen-bond donors (Lipinski definition) is 0. The monoisotopic (exact) mass is 274 g/mol. The van der Waals surface area contributed by atoms with E-state index in [0.29, 0.717) is 5.92 Å². The quantitative estimate of drug-likeness (QED) is 0.844. The molecule has 0 saturated heterocycles. The summed E-state index contributed by atoms with van der Waals surface area (Å²) < 4.78 is 15.2. The second kappa shape index (κ2) is 4.89. The lowest BCUT2D eigenvalue weighted by atomic mass is 10.1. The third kappa shape index (κ3) is 2.17. The molecule has 0 saturated carbocycles. The molecule has 2 aromatic rings. The third-order valence-corrected chi connectivity index (χ3v) is 3.84. The highest BCUT2D eigenvalue weighted by molar-refractivity contribution is 5.41. The predicted molar refractivity (Wildman–Crippen MR) is 76.2 cm³/mol. The molecule has 5 heteroatoms. The van der Waals surface area contributed by atoms with Crippen LogP contribution in [0.1, 0.15) is 37.0 Å².